The highest BCUT2D eigenvalue weighted by Gasteiger charge is 2.29. The topological polar surface area (TPSA) is 94.3 Å². The molecule has 5 heterocycles. The van der Waals surface area contributed by atoms with E-state index in [0.29, 0.717) is 55.0 Å². The van der Waals surface area contributed by atoms with Gasteiger partial charge >= 0.3 is 0 Å². The summed E-state index contributed by atoms with van der Waals surface area (Å²) in [6, 6.07) is 6.05. The summed E-state index contributed by atoms with van der Waals surface area (Å²) < 4.78 is 41.8. The number of hydrogen-bond acceptors (Lipinski definition) is 9. The smallest absolute Gasteiger partial charge is 0.255 e. The molecular formula is C26H26Cl2F2N8O2. The first-order valence-electron chi connectivity index (χ1n) is 12.9. The van der Waals surface area contributed by atoms with Gasteiger partial charge in [-0.05, 0) is 25.5 Å². The number of ether oxygens (including phenoxy) is 2. The van der Waals surface area contributed by atoms with Crippen molar-refractivity contribution in [2.45, 2.75) is 45.2 Å². The van der Waals surface area contributed by atoms with Gasteiger partial charge < -0.3 is 18.9 Å². The van der Waals surface area contributed by atoms with Crippen molar-refractivity contribution in [3.8, 4) is 5.88 Å². The Morgan fingerprint density at radius 1 is 1.10 bits per heavy atom. The van der Waals surface area contributed by atoms with E-state index >= 15 is 0 Å². The van der Waals surface area contributed by atoms with Crippen molar-refractivity contribution >= 4 is 40.3 Å². The Morgan fingerprint density at radius 2 is 1.95 bits per heavy atom. The van der Waals surface area contributed by atoms with Crippen molar-refractivity contribution in [2.75, 3.05) is 31.1 Å². The molecule has 6 rings (SSSR count). The number of fused-ring (bicyclic) bond motifs is 1. The van der Waals surface area contributed by atoms with E-state index in [-0.39, 0.29) is 35.2 Å². The van der Waals surface area contributed by atoms with Crippen LogP contribution in [0.25, 0.3) is 11.2 Å². The molecule has 0 N–H and O–H groups in total. The van der Waals surface area contributed by atoms with Crippen molar-refractivity contribution in [3.63, 3.8) is 0 Å². The molecule has 0 radical (unpaired) electrons. The highest BCUT2D eigenvalue weighted by Crippen LogP contribution is 2.25. The third-order valence-electron chi connectivity index (χ3n) is 7.19. The van der Waals surface area contributed by atoms with E-state index in [2.05, 4.69) is 36.6 Å². The summed E-state index contributed by atoms with van der Waals surface area (Å²) in [5, 5.41) is 8.86. The monoisotopic (exact) mass is 590 g/mol. The zero-order valence-corrected chi connectivity index (χ0v) is 23.1. The van der Waals surface area contributed by atoms with E-state index in [1.807, 2.05) is 4.90 Å². The van der Waals surface area contributed by atoms with Crippen molar-refractivity contribution in [2.24, 2.45) is 0 Å². The van der Waals surface area contributed by atoms with E-state index in [1.165, 1.54) is 12.1 Å². The molecule has 0 aliphatic carbocycles. The summed E-state index contributed by atoms with van der Waals surface area (Å²) in [4.78, 5) is 17.6. The highest BCUT2D eigenvalue weighted by atomic mass is 35.5. The number of piperazine rings is 1. The van der Waals surface area contributed by atoms with Gasteiger partial charge in [-0.15, -0.1) is 10.2 Å². The molecule has 210 valence electrons. The number of rotatable bonds is 8. The number of aromatic nitrogens is 6. The fourth-order valence-corrected chi connectivity index (χ4v) is 5.17. The van der Waals surface area contributed by atoms with E-state index < -0.39 is 11.6 Å². The van der Waals surface area contributed by atoms with Crippen LogP contribution in [0.1, 0.15) is 24.7 Å². The maximum Gasteiger partial charge on any atom is 0.255 e. The second-order valence-electron chi connectivity index (χ2n) is 9.91. The highest BCUT2D eigenvalue weighted by molar-refractivity contribution is 6.30. The molecule has 40 heavy (non-hydrogen) atoms. The van der Waals surface area contributed by atoms with Gasteiger partial charge in [0.05, 0.1) is 25.4 Å². The molecule has 0 saturated carbocycles. The Morgan fingerprint density at radius 3 is 2.70 bits per heavy atom. The van der Waals surface area contributed by atoms with Gasteiger partial charge in [-0.3, -0.25) is 4.90 Å². The third-order valence-corrected chi connectivity index (χ3v) is 7.61. The van der Waals surface area contributed by atoms with Gasteiger partial charge in [0, 0.05) is 48.9 Å². The minimum Gasteiger partial charge on any atom is -0.470 e. The lowest BCUT2D eigenvalue weighted by Gasteiger charge is -2.39. The second kappa shape index (κ2) is 11.4. The molecule has 0 spiro atoms. The fraction of sp³-hybridized carbons (Fsp3) is 0.423. The lowest BCUT2D eigenvalue weighted by Crippen LogP contribution is -2.52. The normalized spacial score (nSPS) is 19.7. The van der Waals surface area contributed by atoms with Gasteiger partial charge in [0.2, 0.25) is 11.8 Å². The Hall–Kier alpha value is -3.19. The van der Waals surface area contributed by atoms with Gasteiger partial charge in [-0.1, -0.05) is 29.3 Å². The average Bonchev–Trinajstić information content (AvgIpc) is 3.23. The van der Waals surface area contributed by atoms with Gasteiger partial charge in [-0.25, -0.2) is 14.4 Å². The van der Waals surface area contributed by atoms with Gasteiger partial charge in [0.25, 0.3) is 5.88 Å². The quantitative estimate of drug-likeness (QED) is 0.298. The Balaban J connectivity index is 1.14. The van der Waals surface area contributed by atoms with Crippen LogP contribution in [0.4, 0.5) is 14.7 Å². The second-order valence-corrected chi connectivity index (χ2v) is 10.7. The number of imidazole rings is 1. The zero-order valence-electron chi connectivity index (χ0n) is 21.6. The Labute approximate surface area is 238 Å². The van der Waals surface area contributed by atoms with Crippen LogP contribution in [-0.4, -0.2) is 73.0 Å². The molecule has 0 bridgehead atoms. The van der Waals surface area contributed by atoms with E-state index in [1.54, 1.807) is 12.1 Å². The number of nitrogens with zero attached hydrogens (tertiary/aromatic N) is 8. The molecule has 0 amide bonds. The average molecular weight is 591 g/mol. The molecule has 2 atom stereocenters. The minimum atomic E-state index is -0.720. The molecule has 1 aromatic carbocycles. The van der Waals surface area contributed by atoms with Crippen LogP contribution in [0.2, 0.25) is 10.2 Å². The summed E-state index contributed by atoms with van der Waals surface area (Å²) in [7, 11) is 0. The molecule has 2 fully saturated rings. The number of benzene rings is 1. The van der Waals surface area contributed by atoms with Gasteiger partial charge in [0.1, 0.15) is 23.8 Å². The minimum absolute atomic E-state index is 0.109. The zero-order chi connectivity index (χ0) is 27.8. The molecular weight excluding hydrogens is 565 g/mol. The first-order chi connectivity index (χ1) is 19.3. The van der Waals surface area contributed by atoms with Crippen LogP contribution < -0.4 is 9.64 Å². The van der Waals surface area contributed by atoms with Crippen molar-refractivity contribution in [1.82, 2.24) is 34.6 Å². The van der Waals surface area contributed by atoms with Crippen molar-refractivity contribution < 1.29 is 18.3 Å². The molecule has 2 aliphatic rings. The maximum atomic E-state index is 14.4. The molecule has 4 aromatic rings. The number of anilines is 1. The summed E-state index contributed by atoms with van der Waals surface area (Å²) in [5.74, 6) is -0.274. The molecule has 3 aromatic heterocycles. The Bertz CT molecular complexity index is 1540. The summed E-state index contributed by atoms with van der Waals surface area (Å²) in [6.45, 7) is 5.85. The van der Waals surface area contributed by atoms with Crippen LogP contribution in [0.15, 0.2) is 30.5 Å². The van der Waals surface area contributed by atoms with Crippen LogP contribution in [0.3, 0.4) is 0 Å². The molecule has 10 nitrogen and oxygen atoms in total. The predicted octanol–water partition coefficient (Wildman–Crippen LogP) is 4.28. The van der Waals surface area contributed by atoms with E-state index in [4.69, 9.17) is 37.7 Å². The molecule has 14 heteroatoms. The molecule has 2 unspecified atom stereocenters. The standard InChI is InChI=1S/C26H26Cl2F2N8O2/c1-15-11-37(26-31-10-20(30)25(33-26)40-14-16-2-3-17(27)8-19(16)29)6-5-36(15)13-23-32-21-9-22(28)34-35-24(21)38(23)12-18-4-7-39-18/h2-3,8-10,15,18H,4-7,11-14H2,1H3. The van der Waals surface area contributed by atoms with E-state index in [9.17, 15) is 8.78 Å². The van der Waals surface area contributed by atoms with Crippen LogP contribution in [0, 0.1) is 11.6 Å². The number of halogens is 4. The van der Waals surface area contributed by atoms with Crippen molar-refractivity contribution in [1.29, 1.82) is 0 Å². The van der Waals surface area contributed by atoms with Gasteiger partial charge in [0.15, 0.2) is 10.8 Å². The lowest BCUT2D eigenvalue weighted by molar-refractivity contribution is -0.0593. The maximum absolute atomic E-state index is 14.4. The summed E-state index contributed by atoms with van der Waals surface area (Å²) in [6.07, 6.45) is 2.20. The number of hydrogen-bond donors (Lipinski definition) is 0. The summed E-state index contributed by atoms with van der Waals surface area (Å²) >= 11 is 11.9. The SMILES string of the molecule is CC1CN(c2ncc(F)c(OCc3ccc(Cl)cc3F)n2)CCN1Cc1nc2cc(Cl)nnc2n1CC1CCO1. The molecule has 2 saturated heterocycles. The van der Waals surface area contributed by atoms with E-state index in [0.717, 1.165) is 25.0 Å². The summed E-state index contributed by atoms with van der Waals surface area (Å²) in [5.41, 5.74) is 1.63. The van der Waals surface area contributed by atoms with Crippen molar-refractivity contribution in [3.05, 3.63) is 63.7 Å². The first kappa shape index (κ1) is 27.0. The fourth-order valence-electron chi connectivity index (χ4n) is 4.87. The predicted molar refractivity (Wildman–Crippen MR) is 145 cm³/mol. The van der Waals surface area contributed by atoms with Crippen LogP contribution in [0.5, 0.6) is 5.88 Å². The Kier molecular flexibility index (Phi) is 7.67. The third kappa shape index (κ3) is 5.67. The largest absolute Gasteiger partial charge is 0.470 e. The van der Waals surface area contributed by atoms with Crippen LogP contribution in [-0.2, 0) is 24.4 Å². The van der Waals surface area contributed by atoms with Gasteiger partial charge in [-0.2, -0.15) is 9.37 Å². The molecule has 2 aliphatic heterocycles. The lowest BCUT2D eigenvalue weighted by atomic mass is 10.2. The van der Waals surface area contributed by atoms with Crippen LogP contribution >= 0.6 is 23.2 Å². The first-order valence-corrected chi connectivity index (χ1v) is 13.7.